The average Bonchev–Trinajstić information content (AvgIpc) is 2.65. The van der Waals surface area contributed by atoms with E-state index < -0.39 is 0 Å². The zero-order valence-corrected chi connectivity index (χ0v) is 12.2. The van der Waals surface area contributed by atoms with Gasteiger partial charge in [-0.1, -0.05) is 0 Å². The summed E-state index contributed by atoms with van der Waals surface area (Å²) in [4.78, 5) is 0. The topological polar surface area (TPSA) is 73.9 Å². The fourth-order valence-corrected chi connectivity index (χ4v) is 2.51. The quantitative estimate of drug-likeness (QED) is 0.857. The Morgan fingerprint density at radius 3 is 2.89 bits per heavy atom. The normalized spacial score (nSPS) is 15.9. The summed E-state index contributed by atoms with van der Waals surface area (Å²) in [6.45, 7) is 1.85. The number of ether oxygens (including phenoxy) is 3. The van der Waals surface area contributed by atoms with E-state index >= 15 is 0 Å². The zero-order valence-electron chi connectivity index (χ0n) is 10.6. The maximum absolute atomic E-state index is 8.82. The van der Waals surface area contributed by atoms with Crippen molar-refractivity contribution in [1.29, 1.82) is 0 Å². The molecular weight excluding hydrogens is 314 g/mol. The molecule has 106 valence electrons. The monoisotopic (exact) mass is 331 g/mol. The van der Waals surface area contributed by atoms with Crippen molar-refractivity contribution in [2.24, 2.45) is 5.73 Å². The Morgan fingerprint density at radius 1 is 1.37 bits per heavy atom. The Bertz CT molecular complexity index is 427. The van der Waals surface area contributed by atoms with Gasteiger partial charge in [0.1, 0.15) is 0 Å². The number of aliphatic hydroxyl groups excluding tert-OH is 1. The summed E-state index contributed by atoms with van der Waals surface area (Å²) >= 11 is 3.48. The summed E-state index contributed by atoms with van der Waals surface area (Å²) in [6.07, 6.45) is 0.596. The average molecular weight is 332 g/mol. The van der Waals surface area contributed by atoms with Crippen LogP contribution in [-0.2, 0) is 4.74 Å². The molecule has 2 rings (SSSR count). The summed E-state index contributed by atoms with van der Waals surface area (Å²) in [5.41, 5.74) is 6.62. The first-order chi connectivity index (χ1) is 9.26. The molecule has 3 N–H and O–H groups in total. The lowest BCUT2D eigenvalue weighted by Gasteiger charge is -2.18. The molecule has 0 aromatic heterocycles. The molecular formula is C13H18BrNO4. The molecule has 0 amide bonds. The molecule has 0 aliphatic carbocycles. The van der Waals surface area contributed by atoms with Gasteiger partial charge in [0.25, 0.3) is 0 Å². The number of aliphatic hydroxyl groups is 1. The molecule has 6 heteroatoms. The van der Waals surface area contributed by atoms with Gasteiger partial charge in [0.2, 0.25) is 0 Å². The van der Waals surface area contributed by atoms with Gasteiger partial charge in [-0.2, -0.15) is 0 Å². The fraction of sp³-hybridized carbons (Fsp3) is 0.538. The summed E-state index contributed by atoms with van der Waals surface area (Å²) < 4.78 is 17.7. The second-order valence-electron chi connectivity index (χ2n) is 4.20. The molecule has 1 aliphatic heterocycles. The van der Waals surface area contributed by atoms with E-state index in [-0.39, 0.29) is 19.3 Å². The third-order valence-corrected chi connectivity index (χ3v) is 3.41. The molecule has 0 bridgehead atoms. The van der Waals surface area contributed by atoms with Crippen LogP contribution in [0.5, 0.6) is 11.5 Å². The van der Waals surface area contributed by atoms with Crippen LogP contribution in [0.3, 0.4) is 0 Å². The highest BCUT2D eigenvalue weighted by Gasteiger charge is 2.19. The summed E-state index contributed by atoms with van der Waals surface area (Å²) in [6, 6.07) is 3.81. The van der Waals surface area contributed by atoms with E-state index in [4.69, 9.17) is 25.1 Å². The van der Waals surface area contributed by atoms with Crippen molar-refractivity contribution in [1.82, 2.24) is 0 Å². The number of hydrogen-bond acceptors (Lipinski definition) is 5. The minimum absolute atomic E-state index is 0.0256. The van der Waals surface area contributed by atoms with Gasteiger partial charge in [-0.05, 0) is 33.6 Å². The number of halogens is 1. The largest absolute Gasteiger partial charge is 0.490 e. The van der Waals surface area contributed by atoms with Gasteiger partial charge >= 0.3 is 0 Å². The van der Waals surface area contributed by atoms with Crippen LogP contribution < -0.4 is 15.2 Å². The van der Waals surface area contributed by atoms with Crippen molar-refractivity contribution in [3.8, 4) is 11.5 Å². The summed E-state index contributed by atoms with van der Waals surface area (Å²) in [5.74, 6) is 1.42. The van der Waals surface area contributed by atoms with E-state index in [9.17, 15) is 0 Å². The second-order valence-corrected chi connectivity index (χ2v) is 5.05. The molecule has 1 aromatic rings. The zero-order chi connectivity index (χ0) is 13.7. The van der Waals surface area contributed by atoms with Gasteiger partial charge in [0.15, 0.2) is 11.5 Å². The molecule has 1 unspecified atom stereocenters. The van der Waals surface area contributed by atoms with Gasteiger partial charge in [0.05, 0.1) is 37.0 Å². The van der Waals surface area contributed by atoms with Crippen LogP contribution in [0.4, 0.5) is 0 Å². The van der Waals surface area contributed by atoms with Crippen LogP contribution in [0.25, 0.3) is 0 Å². The van der Waals surface area contributed by atoms with Crippen molar-refractivity contribution < 1.29 is 19.3 Å². The van der Waals surface area contributed by atoms with Crippen LogP contribution in [0.1, 0.15) is 18.1 Å². The third-order valence-electron chi connectivity index (χ3n) is 2.82. The van der Waals surface area contributed by atoms with Crippen molar-refractivity contribution in [3.63, 3.8) is 0 Å². The number of benzene rings is 1. The number of fused-ring (bicyclic) bond motifs is 1. The van der Waals surface area contributed by atoms with Crippen LogP contribution in [0, 0.1) is 0 Å². The summed E-state index contributed by atoms with van der Waals surface area (Å²) in [7, 11) is 0. The van der Waals surface area contributed by atoms with E-state index in [1.807, 2.05) is 12.1 Å². The Kier molecular flexibility index (Phi) is 5.45. The molecule has 5 nitrogen and oxygen atoms in total. The molecule has 0 saturated carbocycles. The Labute approximate surface area is 120 Å². The van der Waals surface area contributed by atoms with E-state index in [0.717, 1.165) is 22.2 Å². The Balaban J connectivity index is 2.26. The van der Waals surface area contributed by atoms with Crippen LogP contribution in [-0.4, -0.2) is 38.1 Å². The molecule has 1 aliphatic rings. The highest BCUT2D eigenvalue weighted by molar-refractivity contribution is 9.10. The molecule has 19 heavy (non-hydrogen) atoms. The van der Waals surface area contributed by atoms with Crippen molar-refractivity contribution >= 4 is 15.9 Å². The van der Waals surface area contributed by atoms with Gasteiger partial charge in [-0.3, -0.25) is 0 Å². The van der Waals surface area contributed by atoms with Crippen LogP contribution in [0.15, 0.2) is 16.6 Å². The molecule has 1 atom stereocenters. The number of rotatable bonds is 5. The lowest BCUT2D eigenvalue weighted by Crippen LogP contribution is -2.17. The highest BCUT2D eigenvalue weighted by atomic mass is 79.9. The molecule has 0 fully saturated rings. The maximum Gasteiger partial charge on any atom is 0.175 e. The van der Waals surface area contributed by atoms with Crippen LogP contribution in [0.2, 0.25) is 0 Å². The van der Waals surface area contributed by atoms with E-state index in [1.165, 1.54) is 0 Å². The van der Waals surface area contributed by atoms with Crippen LogP contribution >= 0.6 is 15.9 Å². The lowest BCUT2D eigenvalue weighted by atomic mass is 10.1. The van der Waals surface area contributed by atoms with Crippen molar-refractivity contribution in [2.75, 3.05) is 33.0 Å². The first-order valence-electron chi connectivity index (χ1n) is 6.28. The summed E-state index contributed by atoms with van der Waals surface area (Å²) in [5, 5.41) is 8.82. The Hall–Kier alpha value is -0.820. The molecule has 0 saturated heterocycles. The number of nitrogens with two attached hydrogens (primary N) is 1. The van der Waals surface area contributed by atoms with Crippen molar-refractivity contribution in [3.05, 3.63) is 22.2 Å². The smallest absolute Gasteiger partial charge is 0.175 e. The SMILES string of the molecule is NCC(OCCO)c1cc(Br)c2c(c1)OCCCO2. The van der Waals surface area contributed by atoms with E-state index in [2.05, 4.69) is 15.9 Å². The second kappa shape index (κ2) is 7.09. The Morgan fingerprint density at radius 2 is 2.16 bits per heavy atom. The first-order valence-corrected chi connectivity index (χ1v) is 7.07. The van der Waals surface area contributed by atoms with Gasteiger partial charge in [0, 0.05) is 13.0 Å². The van der Waals surface area contributed by atoms with Gasteiger partial charge in [-0.15, -0.1) is 0 Å². The molecule has 1 aromatic carbocycles. The van der Waals surface area contributed by atoms with E-state index in [0.29, 0.717) is 25.5 Å². The minimum Gasteiger partial charge on any atom is -0.490 e. The van der Waals surface area contributed by atoms with Gasteiger partial charge < -0.3 is 25.1 Å². The predicted octanol–water partition coefficient (Wildman–Crippen LogP) is 1.62. The lowest BCUT2D eigenvalue weighted by molar-refractivity contribution is 0.0327. The third kappa shape index (κ3) is 3.60. The molecule has 0 radical (unpaired) electrons. The van der Waals surface area contributed by atoms with Crippen molar-refractivity contribution in [2.45, 2.75) is 12.5 Å². The van der Waals surface area contributed by atoms with Gasteiger partial charge in [-0.25, -0.2) is 0 Å². The number of hydrogen-bond donors (Lipinski definition) is 2. The fourth-order valence-electron chi connectivity index (χ4n) is 1.93. The molecule has 0 spiro atoms. The first kappa shape index (κ1) is 14.6. The molecule has 1 heterocycles. The standard InChI is InChI=1S/C13H18BrNO4/c14-10-6-9(12(8-15)18-5-2-16)7-11-13(10)19-4-1-3-17-11/h6-7,12,16H,1-5,8,15H2. The predicted molar refractivity (Wildman–Crippen MR) is 74.6 cm³/mol. The maximum atomic E-state index is 8.82. The highest BCUT2D eigenvalue weighted by Crippen LogP contribution is 2.39. The van der Waals surface area contributed by atoms with E-state index in [1.54, 1.807) is 0 Å². The minimum atomic E-state index is -0.263.